The van der Waals surface area contributed by atoms with Crippen LogP contribution in [-0.4, -0.2) is 34.5 Å². The number of aryl methyl sites for hydroxylation is 3. The van der Waals surface area contributed by atoms with Gasteiger partial charge in [-0.3, -0.25) is 0 Å². The molecule has 0 bridgehead atoms. The highest BCUT2D eigenvalue weighted by Gasteiger charge is 2.07. The lowest BCUT2D eigenvalue weighted by molar-refractivity contribution is -0.671. The first-order valence-corrected chi connectivity index (χ1v) is 9.85. The minimum absolute atomic E-state index is 0.0250. The number of nitrogens with zero attached hydrogens (tertiary/aromatic N) is 2. The van der Waals surface area contributed by atoms with Gasteiger partial charge in [0.25, 0.3) is 0 Å². The molecule has 0 unspecified atom stereocenters. The molecule has 0 aliphatic heterocycles. The number of aromatic hydroxyl groups is 1. The third-order valence-corrected chi connectivity index (χ3v) is 4.67. The lowest BCUT2D eigenvalue weighted by atomic mass is 10.1. The second kappa shape index (κ2) is 9.84. The number of phenolic OH excluding ortho intramolecular Hbond substituents is 1. The summed E-state index contributed by atoms with van der Waals surface area (Å²) in [5.41, 5.74) is 4.43. The van der Waals surface area contributed by atoms with E-state index in [0.717, 1.165) is 47.8 Å². The molecule has 0 spiro atoms. The molecule has 2 aromatic carbocycles. The first kappa shape index (κ1) is 20.5. The van der Waals surface area contributed by atoms with Gasteiger partial charge in [-0.15, -0.1) is 0 Å². The van der Waals surface area contributed by atoms with Crippen molar-refractivity contribution < 1.29 is 14.8 Å². The fraction of sp³-hybridized carbons (Fsp3) is 0.318. The predicted octanol–water partition coefficient (Wildman–Crippen LogP) is 2.98. The maximum absolute atomic E-state index is 9.96. The molecular weight excluding hydrogens is 366 g/mol. The predicted molar refractivity (Wildman–Crippen MR) is 117 cm³/mol. The second-order valence-corrected chi connectivity index (χ2v) is 7.13. The van der Waals surface area contributed by atoms with Gasteiger partial charge in [0, 0.05) is 37.0 Å². The zero-order valence-electron chi connectivity index (χ0n) is 17.0. The maximum Gasteiger partial charge on any atom is 0.243 e. The van der Waals surface area contributed by atoms with Gasteiger partial charge in [-0.25, -0.2) is 9.13 Å². The number of hydrogen-bond acceptors (Lipinski definition) is 5. The summed E-state index contributed by atoms with van der Waals surface area (Å²) in [5, 5.41) is 29.0. The number of hydrogen-bond donors (Lipinski definition) is 5. The van der Waals surface area contributed by atoms with Crippen molar-refractivity contribution in [2.45, 2.75) is 19.9 Å². The molecule has 154 valence electrons. The smallest absolute Gasteiger partial charge is 0.243 e. The van der Waals surface area contributed by atoms with Crippen LogP contribution in [0.4, 0.5) is 22.7 Å². The number of phenols is 1. The number of anilines is 4. The van der Waals surface area contributed by atoms with E-state index in [2.05, 4.69) is 33.0 Å². The van der Waals surface area contributed by atoms with Crippen molar-refractivity contribution in [2.24, 2.45) is 7.05 Å². The molecule has 0 atom stereocenters. The van der Waals surface area contributed by atoms with Gasteiger partial charge in [0.2, 0.25) is 6.33 Å². The molecule has 0 aliphatic carbocycles. The Kier molecular flexibility index (Phi) is 6.97. The number of aliphatic hydroxyl groups excluding tert-OH is 1. The molecule has 3 aromatic rings. The molecular formula is C22H30N5O2+. The highest BCUT2D eigenvalue weighted by atomic mass is 16.3. The van der Waals surface area contributed by atoms with E-state index in [1.54, 1.807) is 6.07 Å². The number of nitrogens with one attached hydrogen (secondary N) is 3. The quantitative estimate of drug-likeness (QED) is 0.207. The average Bonchev–Trinajstić information content (AvgIpc) is 3.13. The van der Waals surface area contributed by atoms with E-state index in [-0.39, 0.29) is 12.4 Å². The largest absolute Gasteiger partial charge is 0.508 e. The van der Waals surface area contributed by atoms with E-state index in [0.29, 0.717) is 6.54 Å². The van der Waals surface area contributed by atoms with E-state index in [4.69, 9.17) is 5.11 Å². The minimum atomic E-state index is 0.0250. The van der Waals surface area contributed by atoms with Crippen LogP contribution in [0.1, 0.15) is 12.0 Å². The molecule has 0 radical (unpaired) electrons. The molecule has 0 amide bonds. The molecule has 5 N–H and O–H groups in total. The Balaban J connectivity index is 1.55. The number of aliphatic hydroxyl groups is 1. The summed E-state index contributed by atoms with van der Waals surface area (Å²) in [4.78, 5) is 0. The molecule has 1 aromatic heterocycles. The van der Waals surface area contributed by atoms with Crippen molar-refractivity contribution in [2.75, 3.05) is 35.6 Å². The van der Waals surface area contributed by atoms with Crippen LogP contribution in [0.25, 0.3) is 0 Å². The third kappa shape index (κ3) is 5.89. The van der Waals surface area contributed by atoms with Gasteiger partial charge in [0.1, 0.15) is 18.1 Å². The SMILES string of the molecule is Cc1cc(Nc2ccc(NCCCn3cc[n+](C)c3)cc2)c(NCCO)cc1O. The second-order valence-electron chi connectivity index (χ2n) is 7.13. The van der Waals surface area contributed by atoms with E-state index < -0.39 is 0 Å². The summed E-state index contributed by atoms with van der Waals surface area (Å²) in [7, 11) is 2.02. The number of benzene rings is 2. The maximum atomic E-state index is 9.96. The van der Waals surface area contributed by atoms with Gasteiger partial charge in [0.15, 0.2) is 0 Å². The van der Waals surface area contributed by atoms with Gasteiger partial charge >= 0.3 is 0 Å². The molecule has 29 heavy (non-hydrogen) atoms. The van der Waals surface area contributed by atoms with Gasteiger partial charge in [0.05, 0.1) is 31.6 Å². The summed E-state index contributed by atoms with van der Waals surface area (Å²) in [6.45, 7) is 4.19. The minimum Gasteiger partial charge on any atom is -0.508 e. The van der Waals surface area contributed by atoms with Crippen molar-refractivity contribution in [1.29, 1.82) is 0 Å². The Bertz CT molecular complexity index is 921. The third-order valence-electron chi connectivity index (χ3n) is 4.67. The van der Waals surface area contributed by atoms with Gasteiger partial charge in [-0.1, -0.05) is 0 Å². The Morgan fingerprint density at radius 3 is 2.45 bits per heavy atom. The van der Waals surface area contributed by atoms with E-state index in [9.17, 15) is 5.11 Å². The molecule has 3 rings (SSSR count). The number of rotatable bonds is 10. The van der Waals surface area contributed by atoms with Crippen LogP contribution in [0, 0.1) is 6.92 Å². The van der Waals surface area contributed by atoms with Crippen molar-refractivity contribution in [1.82, 2.24) is 4.57 Å². The zero-order chi connectivity index (χ0) is 20.6. The van der Waals surface area contributed by atoms with Crippen molar-refractivity contribution >= 4 is 22.7 Å². The van der Waals surface area contributed by atoms with Crippen LogP contribution in [-0.2, 0) is 13.6 Å². The Labute approximate surface area is 171 Å². The van der Waals surface area contributed by atoms with E-state index in [1.807, 2.05) is 55.1 Å². The van der Waals surface area contributed by atoms with Gasteiger partial charge < -0.3 is 26.2 Å². The molecule has 0 saturated carbocycles. The van der Waals surface area contributed by atoms with Crippen molar-refractivity contribution in [3.05, 3.63) is 60.7 Å². The van der Waals surface area contributed by atoms with Gasteiger partial charge in [-0.05, 0) is 42.8 Å². The lowest BCUT2D eigenvalue weighted by Crippen LogP contribution is -2.23. The normalized spacial score (nSPS) is 10.7. The summed E-state index contributed by atoms with van der Waals surface area (Å²) >= 11 is 0. The summed E-state index contributed by atoms with van der Waals surface area (Å²) < 4.78 is 4.22. The van der Waals surface area contributed by atoms with Gasteiger partial charge in [-0.2, -0.15) is 0 Å². The first-order valence-electron chi connectivity index (χ1n) is 9.85. The van der Waals surface area contributed by atoms with Crippen molar-refractivity contribution in [3.63, 3.8) is 0 Å². The van der Waals surface area contributed by atoms with E-state index >= 15 is 0 Å². The number of aromatic nitrogens is 2. The standard InChI is InChI=1S/C22H29N5O2/c1-17-14-21(20(15-22(17)29)24-9-13-28)25-19-6-4-18(5-7-19)23-8-3-10-27-12-11-26(2)16-27/h4-7,11-12,14-16,23-25,28H,3,8-10,13H2,1-2H3/p+1. The van der Waals surface area contributed by atoms with Crippen LogP contribution >= 0.6 is 0 Å². The number of imidazole rings is 1. The lowest BCUT2D eigenvalue weighted by Gasteiger charge is -2.16. The average molecular weight is 397 g/mol. The molecule has 1 heterocycles. The zero-order valence-corrected chi connectivity index (χ0v) is 17.0. The monoisotopic (exact) mass is 396 g/mol. The fourth-order valence-corrected chi connectivity index (χ4v) is 3.09. The highest BCUT2D eigenvalue weighted by molar-refractivity contribution is 5.77. The van der Waals surface area contributed by atoms with Crippen LogP contribution < -0.4 is 20.5 Å². The molecule has 7 nitrogen and oxygen atoms in total. The highest BCUT2D eigenvalue weighted by Crippen LogP contribution is 2.32. The van der Waals surface area contributed by atoms with Crippen LogP contribution in [0.5, 0.6) is 5.75 Å². The fourth-order valence-electron chi connectivity index (χ4n) is 3.09. The first-order chi connectivity index (χ1) is 14.0. The Hall–Kier alpha value is -3.19. The molecule has 7 heteroatoms. The van der Waals surface area contributed by atoms with Crippen LogP contribution in [0.3, 0.4) is 0 Å². The molecule has 0 saturated heterocycles. The van der Waals surface area contributed by atoms with Crippen molar-refractivity contribution in [3.8, 4) is 5.75 Å². The summed E-state index contributed by atoms with van der Waals surface area (Å²) in [6.07, 6.45) is 7.24. The van der Waals surface area contributed by atoms with E-state index in [1.165, 1.54) is 0 Å². The molecule has 0 aliphatic rings. The Morgan fingerprint density at radius 2 is 1.76 bits per heavy atom. The topological polar surface area (TPSA) is 85.4 Å². The van der Waals surface area contributed by atoms with Crippen LogP contribution in [0.15, 0.2) is 55.1 Å². The summed E-state index contributed by atoms with van der Waals surface area (Å²) in [6, 6.07) is 11.7. The summed E-state index contributed by atoms with van der Waals surface area (Å²) in [5.74, 6) is 0.226. The van der Waals surface area contributed by atoms with Crippen LogP contribution in [0.2, 0.25) is 0 Å². The Morgan fingerprint density at radius 1 is 1.00 bits per heavy atom. The molecule has 0 fully saturated rings.